The molecule has 0 aromatic heterocycles. The zero-order valence-electron chi connectivity index (χ0n) is 13.3. The molecule has 0 aliphatic rings. The van der Waals surface area contributed by atoms with E-state index in [0.717, 1.165) is 5.30 Å². The Morgan fingerprint density at radius 2 is 1.88 bits per heavy atom. The summed E-state index contributed by atoms with van der Waals surface area (Å²) in [6.07, 6.45) is -0.914. The monoisotopic (exact) mass is 363 g/mol. The first-order chi connectivity index (χ1) is 11.4. The summed E-state index contributed by atoms with van der Waals surface area (Å²) < 4.78 is 3.15. The molecule has 1 atom stereocenters. The minimum Gasteiger partial charge on any atom is -0.263 e. The smallest absolute Gasteiger partial charge is 0.263 e. The molecule has 2 aromatic carbocycles. The number of nitrogens with zero attached hydrogens (tertiary/aromatic N) is 4. The predicted molar refractivity (Wildman–Crippen MR) is 101 cm³/mol. The zero-order chi connectivity index (χ0) is 17.7. The molecule has 9 heteroatoms. The fourth-order valence-electron chi connectivity index (χ4n) is 2.11. The van der Waals surface area contributed by atoms with Gasteiger partial charge in [-0.25, -0.2) is 0 Å². The van der Waals surface area contributed by atoms with Crippen LogP contribution in [0.5, 0.6) is 0 Å². The van der Waals surface area contributed by atoms with E-state index in [2.05, 4.69) is 5.10 Å². The lowest BCUT2D eigenvalue weighted by Gasteiger charge is -2.34. The van der Waals surface area contributed by atoms with E-state index in [1.54, 1.807) is 37.2 Å². The molecule has 0 spiro atoms. The van der Waals surface area contributed by atoms with E-state index >= 15 is 0 Å². The van der Waals surface area contributed by atoms with Gasteiger partial charge in [0, 0.05) is 37.1 Å². The van der Waals surface area contributed by atoms with Crippen LogP contribution in [0.25, 0.3) is 0 Å². The Morgan fingerprint density at radius 1 is 1.21 bits per heavy atom. The molecule has 24 heavy (non-hydrogen) atoms. The molecule has 0 amide bonds. The molecule has 7 nitrogen and oxygen atoms in total. The summed E-state index contributed by atoms with van der Waals surface area (Å²) in [5, 5.41) is 16.1. The molecule has 126 valence electrons. The molecule has 0 bridgehead atoms. The first-order valence-electron chi connectivity index (χ1n) is 7.03. The number of nitro benzene ring substituents is 1. The summed E-state index contributed by atoms with van der Waals surface area (Å²) >= 11 is 5.81. The number of nitro groups is 1. The van der Waals surface area contributed by atoms with E-state index < -0.39 is 11.3 Å². The van der Waals surface area contributed by atoms with Crippen LogP contribution in [0.2, 0.25) is 0 Å². The lowest BCUT2D eigenvalue weighted by atomic mass is 10.2. The summed E-state index contributed by atoms with van der Waals surface area (Å²) in [7, 11) is 3.47. The third kappa shape index (κ3) is 3.85. The Morgan fingerprint density at radius 3 is 2.46 bits per heavy atom. The highest BCUT2D eigenvalue weighted by Crippen LogP contribution is 2.48. The largest absolute Gasteiger partial charge is 0.270 e. The van der Waals surface area contributed by atoms with Crippen molar-refractivity contribution in [2.24, 2.45) is 10.9 Å². The maximum absolute atomic E-state index is 10.8. The Labute approximate surface area is 145 Å². The van der Waals surface area contributed by atoms with E-state index in [1.807, 2.05) is 30.3 Å². The number of hydrazone groups is 1. The molecule has 0 radical (unpaired) electrons. The number of rotatable bonds is 6. The molecule has 0 heterocycles. The summed E-state index contributed by atoms with van der Waals surface area (Å²) in [6.45, 7) is 0. The van der Waals surface area contributed by atoms with Gasteiger partial charge in [-0.2, -0.15) is 9.88 Å². The second kappa shape index (κ2) is 7.63. The predicted octanol–water partition coefficient (Wildman–Crippen LogP) is 2.30. The molecule has 2 aromatic rings. The van der Waals surface area contributed by atoms with Crippen molar-refractivity contribution >= 4 is 35.4 Å². The fraction of sp³-hybridized carbons (Fsp3) is 0.133. The summed E-state index contributed by atoms with van der Waals surface area (Å²) in [6, 6.07) is 15.8. The number of benzene rings is 2. The number of non-ortho nitro benzene ring substituents is 1. The van der Waals surface area contributed by atoms with Crippen LogP contribution in [0.4, 0.5) is 5.69 Å². The first-order valence-corrected chi connectivity index (χ1v) is 9.73. The van der Waals surface area contributed by atoms with Gasteiger partial charge >= 0.3 is 0 Å². The number of hydrogen-bond acceptors (Lipinski definition) is 5. The van der Waals surface area contributed by atoms with E-state index in [1.165, 1.54) is 16.9 Å². The SMILES string of the molecule is CN(N)P(=S)(c1ccccc1)N(C)/N=C/c1cccc([N+](=O)[O-])c1. The van der Waals surface area contributed by atoms with Crippen molar-refractivity contribution in [1.29, 1.82) is 0 Å². The normalized spacial score (nSPS) is 13.8. The van der Waals surface area contributed by atoms with E-state index in [0.29, 0.717) is 5.56 Å². The molecule has 0 saturated carbocycles. The Balaban J connectivity index is 2.32. The highest BCUT2D eigenvalue weighted by atomic mass is 32.4. The molecule has 0 aliphatic carbocycles. The molecule has 2 rings (SSSR count). The number of hydrazine groups is 1. The maximum atomic E-state index is 10.8. The minimum absolute atomic E-state index is 0.0139. The molecule has 2 N–H and O–H groups in total. The van der Waals surface area contributed by atoms with Crippen molar-refractivity contribution < 1.29 is 4.92 Å². The van der Waals surface area contributed by atoms with Gasteiger partial charge in [0.1, 0.15) is 0 Å². The van der Waals surface area contributed by atoms with Crippen molar-refractivity contribution in [3.8, 4) is 0 Å². The average Bonchev–Trinajstić information content (AvgIpc) is 2.59. The van der Waals surface area contributed by atoms with Crippen molar-refractivity contribution in [2.75, 3.05) is 14.1 Å². The van der Waals surface area contributed by atoms with Crippen molar-refractivity contribution in [1.82, 2.24) is 9.56 Å². The second-order valence-electron chi connectivity index (χ2n) is 5.04. The molecule has 0 saturated heterocycles. The third-order valence-corrected chi connectivity index (χ3v) is 8.20. The Bertz CT molecular complexity index is 797. The fourth-order valence-corrected chi connectivity index (χ4v) is 4.47. The number of nitrogens with two attached hydrogens (primary N) is 1. The van der Waals surface area contributed by atoms with Crippen LogP contribution >= 0.6 is 6.34 Å². The van der Waals surface area contributed by atoms with Gasteiger partial charge in [0.25, 0.3) is 5.69 Å². The van der Waals surface area contributed by atoms with Gasteiger partial charge in [0.15, 0.2) is 6.34 Å². The van der Waals surface area contributed by atoms with Crippen molar-refractivity contribution in [3.05, 3.63) is 70.3 Å². The Hall–Kier alpha value is -2.12. The highest BCUT2D eigenvalue weighted by Gasteiger charge is 2.27. The average molecular weight is 363 g/mol. The standard InChI is InChI=1S/C15H18N5O2PS/c1-18(16)23(24,15-9-4-3-5-10-15)19(2)17-12-13-7-6-8-14(11-13)20(21)22/h3-12H,16H2,1-2H3/b17-12+. The highest BCUT2D eigenvalue weighted by molar-refractivity contribution is 8.15. The van der Waals surface area contributed by atoms with Crippen LogP contribution in [0.15, 0.2) is 59.7 Å². The molecule has 0 fully saturated rings. The summed E-state index contributed by atoms with van der Waals surface area (Å²) in [4.78, 5) is 10.4. The van der Waals surface area contributed by atoms with Crippen LogP contribution in [0, 0.1) is 10.1 Å². The quantitative estimate of drug-likeness (QED) is 0.279. The first kappa shape index (κ1) is 18.2. The van der Waals surface area contributed by atoms with Gasteiger partial charge < -0.3 is 0 Å². The van der Waals surface area contributed by atoms with Crippen LogP contribution in [0.1, 0.15) is 5.56 Å². The molecular formula is C15H18N5O2PS. The third-order valence-electron chi connectivity index (χ3n) is 3.37. The molecular weight excluding hydrogens is 345 g/mol. The topological polar surface area (TPSA) is 88.0 Å². The van der Waals surface area contributed by atoms with Crippen LogP contribution in [-0.2, 0) is 11.8 Å². The number of hydrogen-bond donors (Lipinski definition) is 1. The maximum Gasteiger partial charge on any atom is 0.270 e. The van der Waals surface area contributed by atoms with Gasteiger partial charge in [0.05, 0.1) is 11.1 Å². The van der Waals surface area contributed by atoms with E-state index in [9.17, 15) is 10.1 Å². The van der Waals surface area contributed by atoms with Crippen molar-refractivity contribution in [3.63, 3.8) is 0 Å². The summed E-state index contributed by atoms with van der Waals surface area (Å²) in [5.41, 5.74) is 0.630. The van der Waals surface area contributed by atoms with Crippen LogP contribution in [-0.4, -0.2) is 34.8 Å². The van der Waals surface area contributed by atoms with Crippen LogP contribution < -0.4 is 11.1 Å². The Kier molecular flexibility index (Phi) is 5.80. The van der Waals surface area contributed by atoms with Gasteiger partial charge in [-0.15, -0.1) is 0 Å². The van der Waals surface area contributed by atoms with E-state index in [4.69, 9.17) is 17.6 Å². The van der Waals surface area contributed by atoms with Crippen LogP contribution in [0.3, 0.4) is 0 Å². The van der Waals surface area contributed by atoms with Gasteiger partial charge in [0.2, 0.25) is 0 Å². The van der Waals surface area contributed by atoms with Gasteiger partial charge in [-0.3, -0.25) is 20.7 Å². The summed E-state index contributed by atoms with van der Waals surface area (Å²) in [5.74, 6) is 6.01. The van der Waals surface area contributed by atoms with Gasteiger partial charge in [-0.05, 0) is 11.8 Å². The lowest BCUT2D eigenvalue weighted by Crippen LogP contribution is -2.34. The molecule has 0 aliphatic heterocycles. The zero-order valence-corrected chi connectivity index (χ0v) is 15.0. The van der Waals surface area contributed by atoms with E-state index in [-0.39, 0.29) is 5.69 Å². The van der Waals surface area contributed by atoms with Crippen molar-refractivity contribution in [2.45, 2.75) is 0 Å². The van der Waals surface area contributed by atoms with Gasteiger partial charge in [-0.1, -0.05) is 42.5 Å². The second-order valence-corrected chi connectivity index (χ2v) is 9.38. The minimum atomic E-state index is -2.46. The lowest BCUT2D eigenvalue weighted by molar-refractivity contribution is -0.384. The molecule has 1 unspecified atom stereocenters.